The first kappa shape index (κ1) is 5.48. The van der Waals surface area contributed by atoms with Crippen molar-refractivity contribution in [3.63, 3.8) is 0 Å². The van der Waals surface area contributed by atoms with E-state index in [2.05, 4.69) is 4.99 Å². The summed E-state index contributed by atoms with van der Waals surface area (Å²) in [4.78, 5) is 14.5. The van der Waals surface area contributed by atoms with E-state index in [-0.39, 0.29) is 5.78 Å². The zero-order valence-corrected chi connectivity index (χ0v) is 4.98. The Hall–Kier alpha value is -0.660. The average molecular weight is 111 g/mol. The normalized spacial score (nSPS) is 25.1. The molecule has 0 aromatic heterocycles. The Bertz CT molecular complexity index is 137. The van der Waals surface area contributed by atoms with Gasteiger partial charge >= 0.3 is 0 Å². The molecule has 1 saturated carbocycles. The molecular weight excluding hydrogens is 102 g/mol. The van der Waals surface area contributed by atoms with Crippen LogP contribution in [-0.4, -0.2) is 18.5 Å². The molecule has 2 nitrogen and oxygen atoms in total. The molecule has 0 heterocycles. The van der Waals surface area contributed by atoms with Crippen LogP contribution in [0.4, 0.5) is 0 Å². The number of hydrogen-bond donors (Lipinski definition) is 0. The predicted octanol–water partition coefficient (Wildman–Crippen LogP) is 0.810. The van der Waals surface area contributed by atoms with E-state index in [9.17, 15) is 4.79 Å². The second-order valence-corrected chi connectivity index (χ2v) is 1.95. The van der Waals surface area contributed by atoms with Gasteiger partial charge in [-0.15, -0.1) is 0 Å². The fourth-order valence-corrected chi connectivity index (χ4v) is 0.937. The number of carbonyl (C=O) groups is 1. The van der Waals surface area contributed by atoms with Gasteiger partial charge < -0.3 is 0 Å². The first-order chi connectivity index (χ1) is 3.84. The van der Waals surface area contributed by atoms with Gasteiger partial charge in [0.1, 0.15) is 0 Å². The molecule has 1 aliphatic rings. The van der Waals surface area contributed by atoms with Gasteiger partial charge in [0.25, 0.3) is 0 Å². The zero-order valence-electron chi connectivity index (χ0n) is 4.98. The fourth-order valence-electron chi connectivity index (χ4n) is 0.937. The lowest BCUT2D eigenvalue weighted by molar-refractivity contribution is -0.112. The Labute approximate surface area is 48.6 Å². The Morgan fingerprint density at radius 2 is 2.25 bits per heavy atom. The second-order valence-electron chi connectivity index (χ2n) is 1.95. The quantitative estimate of drug-likeness (QED) is 0.455. The maximum absolute atomic E-state index is 10.7. The van der Waals surface area contributed by atoms with Crippen LogP contribution in [0.5, 0.6) is 0 Å². The minimum absolute atomic E-state index is 0.243. The van der Waals surface area contributed by atoms with Crippen LogP contribution in [0, 0.1) is 0 Å². The highest BCUT2D eigenvalue weighted by atomic mass is 16.1. The molecule has 0 bridgehead atoms. The smallest absolute Gasteiger partial charge is 0.176 e. The summed E-state index contributed by atoms with van der Waals surface area (Å²) in [5.74, 6) is 0.243. The largest absolute Gasteiger partial charge is 0.293 e. The topological polar surface area (TPSA) is 29.4 Å². The minimum atomic E-state index is 0.243. The second kappa shape index (κ2) is 2.07. The number of aliphatic imine (C=N–C) groups is 1. The highest BCUT2D eigenvalue weighted by Crippen LogP contribution is 2.09. The van der Waals surface area contributed by atoms with Gasteiger partial charge in [0.05, 0.1) is 5.71 Å². The monoisotopic (exact) mass is 111 g/mol. The van der Waals surface area contributed by atoms with E-state index in [4.69, 9.17) is 0 Å². The molecule has 1 fully saturated rings. The van der Waals surface area contributed by atoms with Crippen molar-refractivity contribution in [2.24, 2.45) is 4.99 Å². The molecule has 0 aromatic carbocycles. The Morgan fingerprint density at radius 1 is 1.50 bits per heavy atom. The molecule has 0 N–H and O–H groups in total. The standard InChI is InChI=1S/C6H9NO/c1-7-5-3-2-4-6(5)8/h2-4H2,1H3. The van der Waals surface area contributed by atoms with Crippen molar-refractivity contribution in [1.29, 1.82) is 0 Å². The van der Waals surface area contributed by atoms with Crippen LogP contribution in [0.15, 0.2) is 4.99 Å². The fraction of sp³-hybridized carbons (Fsp3) is 0.667. The van der Waals surface area contributed by atoms with Gasteiger partial charge in [-0.1, -0.05) is 0 Å². The van der Waals surface area contributed by atoms with E-state index in [0.29, 0.717) is 6.42 Å². The van der Waals surface area contributed by atoms with E-state index in [1.165, 1.54) is 0 Å². The summed E-state index contributed by atoms with van der Waals surface area (Å²) in [5, 5.41) is 0. The van der Waals surface area contributed by atoms with Gasteiger partial charge in [-0.3, -0.25) is 9.79 Å². The van der Waals surface area contributed by atoms with Crippen molar-refractivity contribution >= 4 is 11.5 Å². The SMILES string of the molecule is CN=C1CCCC1=O. The summed E-state index contributed by atoms with van der Waals surface area (Å²) < 4.78 is 0. The number of Topliss-reactive ketones (excluding diaryl/α,β-unsaturated/α-hetero) is 1. The molecular formula is C6H9NO. The van der Waals surface area contributed by atoms with Gasteiger partial charge in [-0.25, -0.2) is 0 Å². The number of rotatable bonds is 0. The number of carbonyl (C=O) groups excluding carboxylic acids is 1. The molecule has 0 spiro atoms. The van der Waals surface area contributed by atoms with Gasteiger partial charge in [-0.05, 0) is 12.8 Å². The van der Waals surface area contributed by atoms with Crippen molar-refractivity contribution in [1.82, 2.24) is 0 Å². The zero-order chi connectivity index (χ0) is 5.98. The third kappa shape index (κ3) is 0.782. The number of hydrogen-bond acceptors (Lipinski definition) is 2. The van der Waals surface area contributed by atoms with Crippen LogP contribution >= 0.6 is 0 Å². The molecule has 0 radical (unpaired) electrons. The molecule has 44 valence electrons. The van der Waals surface area contributed by atoms with E-state index in [1.807, 2.05) is 0 Å². The van der Waals surface area contributed by atoms with Crippen molar-refractivity contribution in [2.45, 2.75) is 19.3 Å². The molecule has 0 amide bonds. The van der Waals surface area contributed by atoms with E-state index in [0.717, 1.165) is 18.6 Å². The lowest BCUT2D eigenvalue weighted by Crippen LogP contribution is -2.02. The van der Waals surface area contributed by atoms with Crippen LogP contribution in [0.1, 0.15) is 19.3 Å². The molecule has 8 heavy (non-hydrogen) atoms. The van der Waals surface area contributed by atoms with Crippen molar-refractivity contribution in [3.05, 3.63) is 0 Å². The molecule has 1 aliphatic carbocycles. The third-order valence-electron chi connectivity index (χ3n) is 1.41. The molecule has 1 rings (SSSR count). The van der Waals surface area contributed by atoms with E-state index >= 15 is 0 Å². The Kier molecular flexibility index (Phi) is 1.42. The average Bonchev–Trinajstić information content (AvgIpc) is 2.14. The summed E-state index contributed by atoms with van der Waals surface area (Å²) in [6.45, 7) is 0. The molecule has 0 unspecified atom stereocenters. The van der Waals surface area contributed by atoms with Crippen LogP contribution in [0.3, 0.4) is 0 Å². The summed E-state index contributed by atoms with van der Waals surface area (Å²) in [5.41, 5.74) is 0.782. The van der Waals surface area contributed by atoms with Crippen molar-refractivity contribution < 1.29 is 4.79 Å². The highest BCUT2D eigenvalue weighted by molar-refractivity contribution is 6.41. The van der Waals surface area contributed by atoms with Crippen LogP contribution < -0.4 is 0 Å². The molecule has 2 heteroatoms. The van der Waals surface area contributed by atoms with Crippen molar-refractivity contribution in [2.75, 3.05) is 7.05 Å². The lowest BCUT2D eigenvalue weighted by atomic mass is 10.3. The molecule has 0 aliphatic heterocycles. The van der Waals surface area contributed by atoms with E-state index < -0.39 is 0 Å². The molecule has 0 saturated heterocycles. The van der Waals surface area contributed by atoms with Gasteiger partial charge in [0.15, 0.2) is 5.78 Å². The van der Waals surface area contributed by atoms with Gasteiger partial charge in [0, 0.05) is 13.5 Å². The summed E-state index contributed by atoms with van der Waals surface area (Å²) >= 11 is 0. The van der Waals surface area contributed by atoms with Crippen LogP contribution in [-0.2, 0) is 4.79 Å². The minimum Gasteiger partial charge on any atom is -0.293 e. The maximum atomic E-state index is 10.7. The molecule has 0 atom stereocenters. The highest BCUT2D eigenvalue weighted by Gasteiger charge is 2.16. The summed E-state index contributed by atoms with van der Waals surface area (Å²) in [6, 6.07) is 0. The Balaban J connectivity index is 2.69. The maximum Gasteiger partial charge on any atom is 0.176 e. The molecule has 0 aromatic rings. The first-order valence-corrected chi connectivity index (χ1v) is 2.83. The number of nitrogens with zero attached hydrogens (tertiary/aromatic N) is 1. The van der Waals surface area contributed by atoms with Crippen LogP contribution in [0.2, 0.25) is 0 Å². The van der Waals surface area contributed by atoms with Gasteiger partial charge in [-0.2, -0.15) is 0 Å². The van der Waals surface area contributed by atoms with Crippen LogP contribution in [0.25, 0.3) is 0 Å². The first-order valence-electron chi connectivity index (χ1n) is 2.83. The summed E-state index contributed by atoms with van der Waals surface area (Å²) in [6.07, 6.45) is 2.62. The predicted molar refractivity (Wildman–Crippen MR) is 32.2 cm³/mol. The van der Waals surface area contributed by atoms with E-state index in [1.54, 1.807) is 7.05 Å². The van der Waals surface area contributed by atoms with Gasteiger partial charge in [0.2, 0.25) is 0 Å². The lowest BCUT2D eigenvalue weighted by Gasteiger charge is -1.84. The third-order valence-corrected chi connectivity index (χ3v) is 1.41. The Morgan fingerprint density at radius 3 is 2.50 bits per heavy atom. The summed E-state index contributed by atoms with van der Waals surface area (Å²) in [7, 11) is 1.68. The van der Waals surface area contributed by atoms with Crippen molar-refractivity contribution in [3.8, 4) is 0 Å². The number of ketones is 1.